The summed E-state index contributed by atoms with van der Waals surface area (Å²) in [4.78, 5) is 20.1. The molecule has 0 spiro atoms. The van der Waals surface area contributed by atoms with Crippen molar-refractivity contribution in [3.05, 3.63) is 23.4 Å². The van der Waals surface area contributed by atoms with Crippen LogP contribution >= 0.6 is 0 Å². The minimum Gasteiger partial charge on any atom is -0.363 e. The van der Waals surface area contributed by atoms with Crippen LogP contribution in [0.5, 0.6) is 0 Å². The maximum Gasteiger partial charge on any atom is 0.219 e. The predicted molar refractivity (Wildman–Crippen MR) is 72.7 cm³/mol. The maximum atomic E-state index is 11.6. The fourth-order valence-corrected chi connectivity index (χ4v) is 2.73. The minimum absolute atomic E-state index is 0.159. The predicted octanol–water partition coefficient (Wildman–Crippen LogP) is 2.14. The Bertz CT molecular complexity index is 456. The van der Waals surface area contributed by atoms with Crippen molar-refractivity contribution in [2.24, 2.45) is 0 Å². The van der Waals surface area contributed by atoms with Crippen LogP contribution in [0.3, 0.4) is 0 Å². The van der Waals surface area contributed by atoms with Gasteiger partial charge in [0, 0.05) is 33.8 Å². The second-order valence-corrected chi connectivity index (χ2v) is 5.17. The molecule has 0 aliphatic carbocycles. The van der Waals surface area contributed by atoms with Gasteiger partial charge >= 0.3 is 0 Å². The van der Waals surface area contributed by atoms with Crippen molar-refractivity contribution in [1.29, 1.82) is 0 Å². The van der Waals surface area contributed by atoms with E-state index < -0.39 is 0 Å². The van der Waals surface area contributed by atoms with E-state index in [2.05, 4.69) is 18.0 Å². The van der Waals surface area contributed by atoms with E-state index in [1.54, 1.807) is 6.92 Å². The SMILES string of the molecule is CC(=O)N1CCC[C@@H]1c1cnc(N(C)C)c(C)c1. The number of anilines is 1. The lowest BCUT2D eigenvalue weighted by molar-refractivity contribution is -0.129. The monoisotopic (exact) mass is 247 g/mol. The van der Waals surface area contributed by atoms with Crippen LogP contribution in [0, 0.1) is 6.92 Å². The lowest BCUT2D eigenvalue weighted by Gasteiger charge is -2.24. The van der Waals surface area contributed by atoms with Crippen LogP contribution in [0.1, 0.15) is 36.9 Å². The number of pyridine rings is 1. The van der Waals surface area contributed by atoms with Crippen LogP contribution in [0.25, 0.3) is 0 Å². The molecule has 0 aromatic carbocycles. The Morgan fingerprint density at radius 2 is 2.22 bits per heavy atom. The maximum absolute atomic E-state index is 11.6. The zero-order valence-electron chi connectivity index (χ0n) is 11.6. The van der Waals surface area contributed by atoms with Gasteiger partial charge in [0.1, 0.15) is 5.82 Å². The number of amides is 1. The van der Waals surface area contributed by atoms with E-state index in [9.17, 15) is 4.79 Å². The average molecular weight is 247 g/mol. The Morgan fingerprint density at radius 3 is 2.78 bits per heavy atom. The number of aromatic nitrogens is 1. The van der Waals surface area contributed by atoms with Crippen molar-refractivity contribution in [3.8, 4) is 0 Å². The largest absolute Gasteiger partial charge is 0.363 e. The number of rotatable bonds is 2. The zero-order valence-corrected chi connectivity index (χ0v) is 11.6. The van der Waals surface area contributed by atoms with Crippen LogP contribution in [0.4, 0.5) is 5.82 Å². The number of nitrogens with zero attached hydrogens (tertiary/aromatic N) is 3. The van der Waals surface area contributed by atoms with Gasteiger partial charge in [0.15, 0.2) is 0 Å². The third kappa shape index (κ3) is 2.33. The van der Waals surface area contributed by atoms with E-state index in [1.165, 1.54) is 0 Å². The molecule has 4 nitrogen and oxygen atoms in total. The fraction of sp³-hybridized carbons (Fsp3) is 0.571. The molecule has 0 unspecified atom stereocenters. The summed E-state index contributed by atoms with van der Waals surface area (Å²) in [5.74, 6) is 1.15. The summed E-state index contributed by atoms with van der Waals surface area (Å²) in [6, 6.07) is 2.37. The van der Waals surface area contributed by atoms with Gasteiger partial charge < -0.3 is 9.80 Å². The van der Waals surface area contributed by atoms with Crippen LogP contribution in [0.15, 0.2) is 12.3 Å². The number of hydrogen-bond donors (Lipinski definition) is 0. The summed E-state index contributed by atoms with van der Waals surface area (Å²) in [6.07, 6.45) is 4.04. The molecule has 1 saturated heterocycles. The van der Waals surface area contributed by atoms with E-state index in [0.29, 0.717) is 0 Å². The first-order valence-corrected chi connectivity index (χ1v) is 6.41. The van der Waals surface area contributed by atoms with Gasteiger partial charge in [0.25, 0.3) is 0 Å². The quantitative estimate of drug-likeness (QED) is 0.803. The van der Waals surface area contributed by atoms with Gasteiger partial charge in [0.05, 0.1) is 6.04 Å². The molecule has 1 amide bonds. The van der Waals surface area contributed by atoms with Gasteiger partial charge in [-0.15, -0.1) is 0 Å². The van der Waals surface area contributed by atoms with Gasteiger partial charge in [0.2, 0.25) is 5.91 Å². The zero-order chi connectivity index (χ0) is 13.3. The number of carbonyl (C=O) groups excluding carboxylic acids is 1. The molecular formula is C14H21N3O. The first kappa shape index (κ1) is 12.9. The van der Waals surface area contributed by atoms with Gasteiger partial charge in [-0.3, -0.25) is 4.79 Å². The highest BCUT2D eigenvalue weighted by molar-refractivity contribution is 5.74. The molecule has 0 N–H and O–H groups in total. The van der Waals surface area contributed by atoms with Gasteiger partial charge in [-0.1, -0.05) is 0 Å². The minimum atomic E-state index is 0.159. The van der Waals surface area contributed by atoms with Crippen LogP contribution in [-0.2, 0) is 4.79 Å². The van der Waals surface area contributed by atoms with Crippen molar-refractivity contribution in [2.75, 3.05) is 25.5 Å². The van der Waals surface area contributed by atoms with E-state index in [1.807, 2.05) is 30.1 Å². The molecule has 18 heavy (non-hydrogen) atoms. The Balaban J connectivity index is 2.29. The number of hydrogen-bond acceptors (Lipinski definition) is 3. The molecule has 4 heteroatoms. The molecule has 0 radical (unpaired) electrons. The molecule has 98 valence electrons. The lowest BCUT2D eigenvalue weighted by atomic mass is 10.0. The third-order valence-electron chi connectivity index (χ3n) is 3.54. The Hall–Kier alpha value is -1.58. The van der Waals surface area contributed by atoms with E-state index >= 15 is 0 Å². The Morgan fingerprint density at radius 1 is 1.50 bits per heavy atom. The molecule has 1 fully saturated rings. The molecule has 1 aromatic rings. The number of aryl methyl sites for hydroxylation is 1. The third-order valence-corrected chi connectivity index (χ3v) is 3.54. The molecule has 1 aromatic heterocycles. The van der Waals surface area contributed by atoms with Gasteiger partial charge in [-0.05, 0) is 37.0 Å². The average Bonchev–Trinajstić information content (AvgIpc) is 2.77. The second-order valence-electron chi connectivity index (χ2n) is 5.17. The summed E-state index contributed by atoms with van der Waals surface area (Å²) in [7, 11) is 3.99. The fourth-order valence-electron chi connectivity index (χ4n) is 2.73. The summed E-state index contributed by atoms with van der Waals surface area (Å²) < 4.78 is 0. The van der Waals surface area contributed by atoms with Crippen LogP contribution < -0.4 is 4.90 Å². The summed E-state index contributed by atoms with van der Waals surface area (Å²) in [5.41, 5.74) is 2.32. The molecular weight excluding hydrogens is 226 g/mol. The highest BCUT2D eigenvalue weighted by Gasteiger charge is 2.28. The van der Waals surface area contributed by atoms with Crippen molar-refractivity contribution in [1.82, 2.24) is 9.88 Å². The lowest BCUT2D eigenvalue weighted by Crippen LogP contribution is -2.28. The van der Waals surface area contributed by atoms with Crippen LogP contribution in [0.2, 0.25) is 0 Å². The molecule has 0 saturated carbocycles. The van der Waals surface area contributed by atoms with Crippen LogP contribution in [-0.4, -0.2) is 36.4 Å². The van der Waals surface area contributed by atoms with Gasteiger partial charge in [-0.2, -0.15) is 0 Å². The number of carbonyl (C=O) groups is 1. The van der Waals surface area contributed by atoms with E-state index in [-0.39, 0.29) is 11.9 Å². The first-order chi connectivity index (χ1) is 8.50. The van der Waals surface area contributed by atoms with Crippen molar-refractivity contribution in [2.45, 2.75) is 32.7 Å². The van der Waals surface area contributed by atoms with E-state index in [0.717, 1.165) is 36.3 Å². The first-order valence-electron chi connectivity index (χ1n) is 6.41. The second kappa shape index (κ2) is 4.96. The Kier molecular flexibility index (Phi) is 3.55. The van der Waals surface area contributed by atoms with Crippen molar-refractivity contribution < 1.29 is 4.79 Å². The summed E-state index contributed by atoms with van der Waals surface area (Å²) in [5, 5.41) is 0. The number of likely N-dealkylation sites (tertiary alicyclic amines) is 1. The molecule has 1 aliphatic heterocycles. The highest BCUT2D eigenvalue weighted by atomic mass is 16.2. The normalized spacial score (nSPS) is 19.1. The smallest absolute Gasteiger partial charge is 0.219 e. The highest BCUT2D eigenvalue weighted by Crippen LogP contribution is 2.32. The standard InChI is InChI=1S/C14H21N3O/c1-10-8-12(9-15-14(10)16(3)4)13-6-5-7-17(13)11(2)18/h8-9,13H,5-7H2,1-4H3/t13-/m1/s1. The molecule has 2 rings (SSSR count). The Labute approximate surface area is 109 Å². The molecule has 2 heterocycles. The van der Waals surface area contributed by atoms with Crippen molar-refractivity contribution >= 4 is 11.7 Å². The van der Waals surface area contributed by atoms with Crippen molar-refractivity contribution in [3.63, 3.8) is 0 Å². The molecule has 0 bridgehead atoms. The van der Waals surface area contributed by atoms with Gasteiger partial charge in [-0.25, -0.2) is 4.98 Å². The topological polar surface area (TPSA) is 36.4 Å². The summed E-state index contributed by atoms with van der Waals surface area (Å²) in [6.45, 7) is 4.58. The summed E-state index contributed by atoms with van der Waals surface area (Å²) >= 11 is 0. The van der Waals surface area contributed by atoms with E-state index in [4.69, 9.17) is 0 Å². The molecule has 1 atom stereocenters. The molecule has 1 aliphatic rings.